The monoisotopic (exact) mass is 323 g/mol. The van der Waals surface area contributed by atoms with Gasteiger partial charge in [-0.15, -0.1) is 0 Å². The largest absolute Gasteiger partial charge is 0.380 e. The van der Waals surface area contributed by atoms with Crippen molar-refractivity contribution in [1.82, 2.24) is 10.6 Å². The van der Waals surface area contributed by atoms with E-state index >= 15 is 0 Å². The number of hydrogen-bond donors (Lipinski definition) is 2. The van der Waals surface area contributed by atoms with Crippen molar-refractivity contribution in [3.63, 3.8) is 0 Å². The predicted molar refractivity (Wildman–Crippen MR) is 78.7 cm³/mol. The molecule has 1 atom stereocenters. The van der Waals surface area contributed by atoms with Crippen molar-refractivity contribution in [2.75, 3.05) is 24.7 Å². The zero-order valence-corrected chi connectivity index (χ0v) is 12.6. The van der Waals surface area contributed by atoms with Crippen LogP contribution in [-0.2, 0) is 19.9 Å². The molecule has 0 aliphatic carbocycles. The molecule has 0 radical (unpaired) electrons. The molecule has 1 aromatic rings. The number of carbonyl (C=O) groups is 3. The standard InChI is InChI=1S/C14H14ClN3O4/c1-2-22-6-5-18-10-4-3-8(15)7-9(10)14(12(18)20)11(19)16-13(21)17-14/h3-4,7H,2,5-6H2,1H3,(H2,16,17,19,21). The molecule has 1 unspecified atom stereocenters. The molecule has 0 aromatic heterocycles. The summed E-state index contributed by atoms with van der Waals surface area (Å²) in [6.45, 7) is 2.99. The van der Waals surface area contributed by atoms with Gasteiger partial charge < -0.3 is 15.0 Å². The Labute approximate surface area is 131 Å². The van der Waals surface area contributed by atoms with Crippen molar-refractivity contribution in [2.45, 2.75) is 12.5 Å². The van der Waals surface area contributed by atoms with E-state index in [1.54, 1.807) is 12.1 Å². The minimum Gasteiger partial charge on any atom is -0.380 e. The maximum atomic E-state index is 12.8. The highest BCUT2D eigenvalue weighted by Gasteiger charge is 2.61. The van der Waals surface area contributed by atoms with Gasteiger partial charge in [-0.1, -0.05) is 11.6 Å². The molecule has 2 N–H and O–H groups in total. The first kappa shape index (κ1) is 14.8. The van der Waals surface area contributed by atoms with Crippen molar-refractivity contribution in [3.8, 4) is 0 Å². The van der Waals surface area contributed by atoms with Gasteiger partial charge in [0.1, 0.15) is 0 Å². The number of anilines is 1. The molecule has 2 heterocycles. The van der Waals surface area contributed by atoms with Crippen LogP contribution < -0.4 is 15.5 Å². The molecule has 1 aromatic carbocycles. The van der Waals surface area contributed by atoms with Crippen LogP contribution in [0.1, 0.15) is 12.5 Å². The summed E-state index contributed by atoms with van der Waals surface area (Å²) in [5.74, 6) is -1.20. The van der Waals surface area contributed by atoms with E-state index in [0.29, 0.717) is 29.5 Å². The fraction of sp³-hybridized carbons (Fsp3) is 0.357. The number of fused-ring (bicyclic) bond motifs is 2. The lowest BCUT2D eigenvalue weighted by atomic mass is 9.91. The average molecular weight is 324 g/mol. The molecule has 0 saturated carbocycles. The topological polar surface area (TPSA) is 87.7 Å². The highest BCUT2D eigenvalue weighted by Crippen LogP contribution is 2.43. The summed E-state index contributed by atoms with van der Waals surface area (Å²) in [4.78, 5) is 38.0. The summed E-state index contributed by atoms with van der Waals surface area (Å²) in [5, 5.41) is 4.94. The van der Waals surface area contributed by atoms with Gasteiger partial charge in [0.2, 0.25) is 5.54 Å². The molecule has 116 valence electrons. The summed E-state index contributed by atoms with van der Waals surface area (Å²) in [7, 11) is 0. The van der Waals surface area contributed by atoms with Crippen molar-refractivity contribution >= 4 is 35.1 Å². The number of carbonyl (C=O) groups excluding carboxylic acids is 3. The molecule has 1 saturated heterocycles. The number of imide groups is 1. The Morgan fingerprint density at radius 1 is 1.32 bits per heavy atom. The fourth-order valence-corrected chi connectivity index (χ4v) is 2.96. The number of halogens is 1. The van der Waals surface area contributed by atoms with Crippen LogP contribution in [0.4, 0.5) is 10.5 Å². The van der Waals surface area contributed by atoms with Crippen LogP contribution >= 0.6 is 11.6 Å². The van der Waals surface area contributed by atoms with Gasteiger partial charge in [-0.2, -0.15) is 0 Å². The smallest absolute Gasteiger partial charge is 0.323 e. The number of hydrogen-bond acceptors (Lipinski definition) is 4. The third-order valence-corrected chi connectivity index (χ3v) is 3.99. The van der Waals surface area contributed by atoms with E-state index in [4.69, 9.17) is 16.3 Å². The zero-order valence-electron chi connectivity index (χ0n) is 11.8. The molecule has 3 rings (SSSR count). The second-order valence-corrected chi connectivity index (χ2v) is 5.41. The molecule has 8 heteroatoms. The lowest BCUT2D eigenvalue weighted by Gasteiger charge is -2.21. The Balaban J connectivity index is 2.07. The second-order valence-electron chi connectivity index (χ2n) is 4.97. The minimum absolute atomic E-state index is 0.284. The first-order valence-electron chi connectivity index (χ1n) is 6.84. The van der Waals surface area contributed by atoms with E-state index in [-0.39, 0.29) is 6.54 Å². The quantitative estimate of drug-likeness (QED) is 0.486. The predicted octanol–water partition coefficient (Wildman–Crippen LogP) is 0.758. The van der Waals surface area contributed by atoms with Gasteiger partial charge in [0, 0.05) is 23.7 Å². The Morgan fingerprint density at radius 2 is 2.09 bits per heavy atom. The van der Waals surface area contributed by atoms with E-state index in [1.165, 1.54) is 11.0 Å². The molecule has 22 heavy (non-hydrogen) atoms. The van der Waals surface area contributed by atoms with Crippen LogP contribution in [0, 0.1) is 0 Å². The Morgan fingerprint density at radius 3 is 2.73 bits per heavy atom. The van der Waals surface area contributed by atoms with Gasteiger partial charge in [0.15, 0.2) is 0 Å². The number of urea groups is 1. The highest BCUT2D eigenvalue weighted by molar-refractivity contribution is 6.32. The van der Waals surface area contributed by atoms with Crippen molar-refractivity contribution in [2.24, 2.45) is 0 Å². The van der Waals surface area contributed by atoms with Gasteiger partial charge >= 0.3 is 6.03 Å². The lowest BCUT2D eigenvalue weighted by Crippen LogP contribution is -2.52. The van der Waals surface area contributed by atoms with Crippen LogP contribution in [-0.4, -0.2) is 37.6 Å². The van der Waals surface area contributed by atoms with E-state index in [0.717, 1.165) is 0 Å². The van der Waals surface area contributed by atoms with Crippen LogP contribution in [0.15, 0.2) is 18.2 Å². The lowest BCUT2D eigenvalue weighted by molar-refractivity contribution is -0.134. The van der Waals surface area contributed by atoms with Crippen molar-refractivity contribution in [3.05, 3.63) is 28.8 Å². The Bertz CT molecular complexity index is 678. The third-order valence-electron chi connectivity index (χ3n) is 3.75. The first-order chi connectivity index (χ1) is 10.5. The number of nitrogens with zero attached hydrogens (tertiary/aromatic N) is 1. The number of ether oxygens (including phenoxy) is 1. The first-order valence-corrected chi connectivity index (χ1v) is 7.22. The molecule has 4 amide bonds. The molecule has 1 fully saturated rings. The SMILES string of the molecule is CCOCCN1C(=O)C2(NC(=O)NC2=O)c2cc(Cl)ccc21. The van der Waals surface area contributed by atoms with Crippen LogP contribution in [0.25, 0.3) is 0 Å². The van der Waals surface area contributed by atoms with Gasteiger partial charge in [0.25, 0.3) is 11.8 Å². The second kappa shape index (κ2) is 5.26. The summed E-state index contributed by atoms with van der Waals surface area (Å²) in [6, 6.07) is 4.12. The van der Waals surface area contributed by atoms with Gasteiger partial charge in [-0.25, -0.2) is 4.79 Å². The van der Waals surface area contributed by atoms with E-state index < -0.39 is 23.4 Å². The van der Waals surface area contributed by atoms with Gasteiger partial charge in [-0.3, -0.25) is 14.9 Å². The number of amides is 4. The third kappa shape index (κ3) is 1.97. The maximum Gasteiger partial charge on any atom is 0.323 e. The summed E-state index contributed by atoms with van der Waals surface area (Å²) >= 11 is 5.99. The minimum atomic E-state index is -1.73. The normalized spacial score (nSPS) is 23.0. The number of nitrogens with one attached hydrogen (secondary N) is 2. The molecule has 2 aliphatic heterocycles. The van der Waals surface area contributed by atoms with E-state index in [1.807, 2.05) is 6.92 Å². The van der Waals surface area contributed by atoms with Crippen LogP contribution in [0.3, 0.4) is 0 Å². The summed E-state index contributed by atoms with van der Waals surface area (Å²) < 4.78 is 5.27. The van der Waals surface area contributed by atoms with E-state index in [9.17, 15) is 14.4 Å². The van der Waals surface area contributed by atoms with Crippen molar-refractivity contribution in [1.29, 1.82) is 0 Å². The number of benzene rings is 1. The molecule has 2 aliphatic rings. The molecular weight excluding hydrogens is 310 g/mol. The van der Waals surface area contributed by atoms with Crippen LogP contribution in [0.2, 0.25) is 5.02 Å². The molecular formula is C14H14ClN3O4. The summed E-state index contributed by atoms with van der Waals surface area (Å²) in [5.41, 5.74) is -0.805. The number of rotatable bonds is 4. The molecule has 7 nitrogen and oxygen atoms in total. The van der Waals surface area contributed by atoms with Crippen LogP contribution in [0.5, 0.6) is 0 Å². The zero-order chi connectivity index (χ0) is 15.9. The fourth-order valence-electron chi connectivity index (χ4n) is 2.79. The summed E-state index contributed by atoms with van der Waals surface area (Å²) in [6.07, 6.45) is 0. The van der Waals surface area contributed by atoms with Gasteiger partial charge in [-0.05, 0) is 25.1 Å². The highest BCUT2D eigenvalue weighted by atomic mass is 35.5. The Kier molecular flexibility index (Phi) is 3.54. The van der Waals surface area contributed by atoms with Gasteiger partial charge in [0.05, 0.1) is 12.3 Å². The van der Waals surface area contributed by atoms with Crippen molar-refractivity contribution < 1.29 is 19.1 Å². The Hall–Kier alpha value is -2.12. The average Bonchev–Trinajstić information content (AvgIpc) is 2.89. The molecule has 0 bridgehead atoms. The van der Waals surface area contributed by atoms with E-state index in [2.05, 4.69) is 10.6 Å². The maximum absolute atomic E-state index is 12.8. The molecule has 1 spiro atoms.